The van der Waals surface area contributed by atoms with Crippen LogP contribution in [0.4, 0.5) is 0 Å². The molecule has 2 rings (SSSR count). The number of nitrogens with two attached hydrogens (primary N) is 2. The molecule has 4 amide bonds. The SMILES string of the molecule is CSCCC(NC(=O)C(N)Cc1c[nH]c2ccccc12)C(=O)NC(CCC(N)=O)C(=O)NC(CO)C(=O)O. The molecule has 10 N–H and O–H groups in total. The largest absolute Gasteiger partial charge is 0.480 e. The summed E-state index contributed by atoms with van der Waals surface area (Å²) in [5, 5.41) is 26.4. The number of amides is 4. The van der Waals surface area contributed by atoms with Crippen molar-refractivity contribution in [3.8, 4) is 0 Å². The van der Waals surface area contributed by atoms with Crippen molar-refractivity contribution in [1.82, 2.24) is 20.9 Å². The van der Waals surface area contributed by atoms with E-state index in [1.807, 2.05) is 30.5 Å². The Balaban J connectivity index is 2.12. The van der Waals surface area contributed by atoms with Crippen LogP contribution in [0.2, 0.25) is 0 Å². The molecule has 0 aliphatic heterocycles. The van der Waals surface area contributed by atoms with Crippen molar-refractivity contribution in [2.75, 3.05) is 18.6 Å². The molecule has 1 aromatic heterocycles. The number of aliphatic hydroxyl groups excluding tert-OH is 1. The zero-order chi connectivity index (χ0) is 28.2. The lowest BCUT2D eigenvalue weighted by Crippen LogP contribution is -2.57. The Morgan fingerprint density at radius 2 is 1.58 bits per heavy atom. The summed E-state index contributed by atoms with van der Waals surface area (Å²) in [6.07, 6.45) is 3.55. The van der Waals surface area contributed by atoms with E-state index in [0.29, 0.717) is 5.75 Å². The van der Waals surface area contributed by atoms with Gasteiger partial charge in [0.1, 0.15) is 18.1 Å². The first-order chi connectivity index (χ1) is 18.1. The number of aliphatic hydroxyl groups is 1. The Bertz CT molecular complexity index is 1140. The molecule has 0 fully saturated rings. The molecule has 2 aromatic rings. The molecular weight excluding hydrogens is 516 g/mol. The van der Waals surface area contributed by atoms with Gasteiger partial charge in [-0.15, -0.1) is 0 Å². The van der Waals surface area contributed by atoms with Gasteiger partial charge in [-0.1, -0.05) is 18.2 Å². The van der Waals surface area contributed by atoms with Gasteiger partial charge in [-0.25, -0.2) is 4.79 Å². The lowest BCUT2D eigenvalue weighted by molar-refractivity contribution is -0.143. The summed E-state index contributed by atoms with van der Waals surface area (Å²) >= 11 is 1.44. The second-order valence-corrected chi connectivity index (χ2v) is 9.65. The van der Waals surface area contributed by atoms with Crippen molar-refractivity contribution in [3.63, 3.8) is 0 Å². The molecule has 0 spiro atoms. The highest BCUT2D eigenvalue weighted by atomic mass is 32.2. The summed E-state index contributed by atoms with van der Waals surface area (Å²) in [6, 6.07) is 2.60. The van der Waals surface area contributed by atoms with Gasteiger partial charge in [0.25, 0.3) is 0 Å². The van der Waals surface area contributed by atoms with E-state index >= 15 is 0 Å². The summed E-state index contributed by atoms with van der Waals surface area (Å²) in [5.74, 6) is -3.92. The fourth-order valence-electron chi connectivity index (χ4n) is 3.70. The van der Waals surface area contributed by atoms with Crippen LogP contribution in [-0.2, 0) is 30.4 Å². The van der Waals surface area contributed by atoms with Crippen molar-refractivity contribution < 1.29 is 34.2 Å². The summed E-state index contributed by atoms with van der Waals surface area (Å²) in [7, 11) is 0. The summed E-state index contributed by atoms with van der Waals surface area (Å²) in [5.41, 5.74) is 13.1. The first-order valence-corrected chi connectivity index (χ1v) is 13.3. The van der Waals surface area contributed by atoms with Gasteiger partial charge in [-0.2, -0.15) is 11.8 Å². The van der Waals surface area contributed by atoms with Crippen LogP contribution >= 0.6 is 11.8 Å². The molecule has 14 heteroatoms. The van der Waals surface area contributed by atoms with Crippen LogP contribution in [0.5, 0.6) is 0 Å². The van der Waals surface area contributed by atoms with Crippen LogP contribution in [0.15, 0.2) is 30.5 Å². The number of nitrogens with one attached hydrogen (secondary N) is 4. The topological polar surface area (TPSA) is 230 Å². The molecule has 0 saturated carbocycles. The predicted molar refractivity (Wildman–Crippen MR) is 142 cm³/mol. The van der Waals surface area contributed by atoms with Crippen molar-refractivity contribution in [2.45, 2.75) is 49.9 Å². The van der Waals surface area contributed by atoms with Crippen LogP contribution in [0, 0.1) is 0 Å². The molecule has 0 radical (unpaired) electrons. The zero-order valence-electron chi connectivity index (χ0n) is 20.9. The molecule has 208 valence electrons. The highest BCUT2D eigenvalue weighted by Gasteiger charge is 2.30. The van der Waals surface area contributed by atoms with Crippen molar-refractivity contribution in [2.24, 2.45) is 11.5 Å². The second-order valence-electron chi connectivity index (χ2n) is 8.66. The van der Waals surface area contributed by atoms with E-state index in [1.165, 1.54) is 11.8 Å². The molecule has 0 bridgehead atoms. The van der Waals surface area contributed by atoms with E-state index < -0.39 is 60.4 Å². The fourth-order valence-corrected chi connectivity index (χ4v) is 4.17. The summed E-state index contributed by atoms with van der Waals surface area (Å²) in [4.78, 5) is 64.2. The average Bonchev–Trinajstić information content (AvgIpc) is 3.29. The molecule has 4 atom stereocenters. The lowest BCUT2D eigenvalue weighted by atomic mass is 10.0. The van der Waals surface area contributed by atoms with Gasteiger partial charge in [0.2, 0.25) is 23.6 Å². The lowest BCUT2D eigenvalue weighted by Gasteiger charge is -2.24. The number of primary amides is 1. The van der Waals surface area contributed by atoms with E-state index in [-0.39, 0.29) is 25.7 Å². The number of hydrogen-bond donors (Lipinski definition) is 8. The fraction of sp³-hybridized carbons (Fsp3) is 0.458. The number of aromatic nitrogens is 1. The number of rotatable bonds is 16. The van der Waals surface area contributed by atoms with Gasteiger partial charge in [-0.05, 0) is 42.9 Å². The average molecular weight is 551 g/mol. The number of carbonyl (C=O) groups excluding carboxylic acids is 4. The number of carboxylic acid groups (broad SMARTS) is 1. The van der Waals surface area contributed by atoms with Gasteiger partial charge in [-0.3, -0.25) is 19.2 Å². The number of aliphatic carboxylic acids is 1. The van der Waals surface area contributed by atoms with Crippen molar-refractivity contribution in [3.05, 3.63) is 36.0 Å². The minimum Gasteiger partial charge on any atom is -0.480 e. The molecule has 1 aromatic carbocycles. The number of benzene rings is 1. The third kappa shape index (κ3) is 9.04. The first kappa shape index (κ1) is 30.6. The maximum absolute atomic E-state index is 13.1. The number of carboxylic acids is 1. The van der Waals surface area contributed by atoms with Gasteiger partial charge >= 0.3 is 5.97 Å². The normalized spacial score (nSPS) is 14.2. The molecule has 0 aliphatic carbocycles. The van der Waals surface area contributed by atoms with E-state index in [9.17, 15) is 29.1 Å². The predicted octanol–water partition coefficient (Wildman–Crippen LogP) is -1.41. The molecule has 0 aliphatic rings. The molecule has 4 unspecified atom stereocenters. The molecule has 1 heterocycles. The smallest absolute Gasteiger partial charge is 0.328 e. The summed E-state index contributed by atoms with van der Waals surface area (Å²) in [6.45, 7) is -0.877. The van der Waals surface area contributed by atoms with Crippen molar-refractivity contribution in [1.29, 1.82) is 0 Å². The van der Waals surface area contributed by atoms with Gasteiger partial charge in [0.15, 0.2) is 0 Å². The van der Waals surface area contributed by atoms with Gasteiger partial charge < -0.3 is 42.6 Å². The van der Waals surface area contributed by atoms with E-state index in [2.05, 4.69) is 20.9 Å². The number of H-pyrrole nitrogens is 1. The highest BCUT2D eigenvalue weighted by Crippen LogP contribution is 2.19. The Labute approximate surface area is 223 Å². The maximum atomic E-state index is 13.1. The molecule has 0 saturated heterocycles. The third-order valence-electron chi connectivity index (χ3n) is 5.80. The van der Waals surface area contributed by atoms with E-state index in [4.69, 9.17) is 16.6 Å². The highest BCUT2D eigenvalue weighted by molar-refractivity contribution is 7.98. The number of thioether (sulfide) groups is 1. The van der Waals surface area contributed by atoms with Gasteiger partial charge in [0.05, 0.1) is 12.6 Å². The Morgan fingerprint density at radius 1 is 0.974 bits per heavy atom. The Morgan fingerprint density at radius 3 is 2.18 bits per heavy atom. The van der Waals surface area contributed by atoms with Gasteiger partial charge in [0, 0.05) is 23.5 Å². The third-order valence-corrected chi connectivity index (χ3v) is 6.45. The number of fused-ring (bicyclic) bond motifs is 1. The number of hydrogen-bond acceptors (Lipinski definition) is 8. The van der Waals surface area contributed by atoms with Crippen LogP contribution in [-0.4, -0.2) is 87.6 Å². The van der Waals surface area contributed by atoms with Crippen molar-refractivity contribution >= 4 is 52.3 Å². The first-order valence-electron chi connectivity index (χ1n) is 11.9. The zero-order valence-corrected chi connectivity index (χ0v) is 21.8. The van der Waals surface area contributed by atoms with E-state index in [0.717, 1.165) is 16.5 Å². The molecule has 38 heavy (non-hydrogen) atoms. The number of carbonyl (C=O) groups is 5. The van der Waals surface area contributed by atoms with E-state index in [1.54, 1.807) is 6.20 Å². The van der Waals surface area contributed by atoms with Crippen LogP contribution in [0.3, 0.4) is 0 Å². The maximum Gasteiger partial charge on any atom is 0.328 e. The Kier molecular flexibility index (Phi) is 12.0. The minimum atomic E-state index is -1.61. The Hall–Kier alpha value is -3.62. The number of para-hydroxylation sites is 1. The standard InChI is InChI=1S/C24H34N6O7S/c1-38-9-8-18(28-21(33)15(25)10-13-11-27-16-5-3-2-4-14(13)16)23(35)29-17(6-7-20(26)32)22(34)30-19(12-31)24(36)37/h2-5,11,15,17-19,27,31H,6-10,12,25H2,1H3,(H2,26,32)(H,28,33)(H,29,35)(H,30,34)(H,36,37). The monoisotopic (exact) mass is 550 g/mol. The van der Waals surface area contributed by atoms with Crippen LogP contribution in [0.25, 0.3) is 10.9 Å². The van der Waals surface area contributed by atoms with Crippen LogP contribution < -0.4 is 27.4 Å². The number of aromatic amines is 1. The minimum absolute atomic E-state index is 0.214. The second kappa shape index (κ2) is 15.0. The molecule has 13 nitrogen and oxygen atoms in total. The molecular formula is C24H34N6O7S. The summed E-state index contributed by atoms with van der Waals surface area (Å²) < 4.78 is 0. The quantitative estimate of drug-likeness (QED) is 0.122. The van der Waals surface area contributed by atoms with Crippen LogP contribution in [0.1, 0.15) is 24.8 Å².